The summed E-state index contributed by atoms with van der Waals surface area (Å²) in [7, 11) is 0. The van der Waals surface area contributed by atoms with Gasteiger partial charge in [0, 0.05) is 11.1 Å². The molecule has 0 radical (unpaired) electrons. The topological polar surface area (TPSA) is 24.1 Å². The summed E-state index contributed by atoms with van der Waals surface area (Å²) in [6, 6.07) is 4.98. The molecule has 2 nitrogen and oxygen atoms in total. The summed E-state index contributed by atoms with van der Waals surface area (Å²) in [6.07, 6.45) is 5.15. The molecular formula is C14H16ClFN2S. The molecule has 1 aromatic carbocycles. The molecule has 102 valence electrons. The van der Waals surface area contributed by atoms with Crippen LogP contribution in [0.3, 0.4) is 0 Å². The third kappa shape index (κ3) is 2.84. The predicted molar refractivity (Wildman–Crippen MR) is 80.0 cm³/mol. The van der Waals surface area contributed by atoms with E-state index in [2.05, 4.69) is 10.6 Å². The van der Waals surface area contributed by atoms with Crippen LogP contribution in [-0.4, -0.2) is 11.2 Å². The number of hydrogen-bond acceptors (Lipinski definition) is 1. The zero-order valence-corrected chi connectivity index (χ0v) is 12.0. The molecule has 2 fully saturated rings. The lowest BCUT2D eigenvalue weighted by Crippen LogP contribution is -2.40. The van der Waals surface area contributed by atoms with Crippen LogP contribution in [-0.2, 0) is 0 Å². The lowest BCUT2D eigenvalue weighted by Gasteiger charge is -2.24. The molecule has 2 N–H and O–H groups in total. The molecule has 2 bridgehead atoms. The number of hydrogen-bond donors (Lipinski definition) is 2. The molecule has 3 rings (SSSR count). The van der Waals surface area contributed by atoms with Gasteiger partial charge in [-0.3, -0.25) is 0 Å². The minimum absolute atomic E-state index is 0.366. The average Bonchev–Trinajstić information content (AvgIpc) is 2.95. The highest BCUT2D eigenvalue weighted by Gasteiger charge is 2.39. The maximum absolute atomic E-state index is 13.6. The van der Waals surface area contributed by atoms with E-state index < -0.39 is 0 Å². The zero-order valence-electron chi connectivity index (χ0n) is 10.5. The first kappa shape index (κ1) is 13.1. The largest absolute Gasteiger partial charge is 0.359 e. The quantitative estimate of drug-likeness (QED) is 0.808. The fourth-order valence-electron chi connectivity index (χ4n) is 3.34. The summed E-state index contributed by atoms with van der Waals surface area (Å²) in [4.78, 5) is 0. The van der Waals surface area contributed by atoms with E-state index in [9.17, 15) is 4.39 Å². The first-order chi connectivity index (χ1) is 9.11. The van der Waals surface area contributed by atoms with Gasteiger partial charge in [-0.25, -0.2) is 4.39 Å². The lowest BCUT2D eigenvalue weighted by atomic mass is 9.96. The fraction of sp³-hybridized carbons (Fsp3) is 0.500. The highest BCUT2D eigenvalue weighted by Crippen LogP contribution is 2.44. The van der Waals surface area contributed by atoms with E-state index in [0.717, 1.165) is 11.8 Å². The fourth-order valence-corrected chi connectivity index (χ4v) is 3.76. The molecule has 0 amide bonds. The third-order valence-corrected chi connectivity index (χ3v) is 4.69. The Labute approximate surface area is 122 Å². The number of benzene rings is 1. The average molecular weight is 299 g/mol. The van der Waals surface area contributed by atoms with Crippen LogP contribution < -0.4 is 10.6 Å². The number of thiocarbonyl (C=S) groups is 1. The van der Waals surface area contributed by atoms with Gasteiger partial charge in [0.1, 0.15) is 5.82 Å². The standard InChI is InChI=1S/C14H16ClFN2S/c15-10-3-4-12(11(16)7-10)17-14(19)18-13-6-8-1-2-9(13)5-8/h3-4,7-9,13H,1-2,5-6H2,(H2,17,18,19)/t8-,9+,13-/m0/s1. The van der Waals surface area contributed by atoms with Crippen molar-refractivity contribution in [1.82, 2.24) is 5.32 Å². The second-order valence-corrected chi connectivity index (χ2v) is 6.35. The minimum Gasteiger partial charge on any atom is -0.359 e. The molecule has 2 aliphatic rings. The van der Waals surface area contributed by atoms with E-state index in [4.69, 9.17) is 23.8 Å². The Morgan fingerprint density at radius 1 is 1.32 bits per heavy atom. The van der Waals surface area contributed by atoms with E-state index in [-0.39, 0.29) is 5.82 Å². The summed E-state index contributed by atoms with van der Waals surface area (Å²) in [5.74, 6) is 1.21. The summed E-state index contributed by atoms with van der Waals surface area (Å²) >= 11 is 11.0. The first-order valence-electron chi connectivity index (χ1n) is 6.64. The van der Waals surface area contributed by atoms with Crippen molar-refractivity contribution in [1.29, 1.82) is 0 Å². The number of nitrogens with one attached hydrogen (secondary N) is 2. The van der Waals surface area contributed by atoms with Gasteiger partial charge >= 0.3 is 0 Å². The molecule has 3 atom stereocenters. The monoisotopic (exact) mass is 298 g/mol. The van der Waals surface area contributed by atoms with Crippen LogP contribution >= 0.6 is 23.8 Å². The summed E-state index contributed by atoms with van der Waals surface area (Å²) < 4.78 is 13.6. The molecular weight excluding hydrogens is 283 g/mol. The van der Waals surface area contributed by atoms with Crippen LogP contribution in [0.1, 0.15) is 25.7 Å². The van der Waals surface area contributed by atoms with Crippen LogP contribution in [0.4, 0.5) is 10.1 Å². The Morgan fingerprint density at radius 3 is 2.79 bits per heavy atom. The maximum Gasteiger partial charge on any atom is 0.171 e. The van der Waals surface area contributed by atoms with E-state index in [1.54, 1.807) is 12.1 Å². The summed E-state index contributed by atoms with van der Waals surface area (Å²) in [5.41, 5.74) is 0.366. The van der Waals surface area contributed by atoms with Gasteiger partial charge in [0.05, 0.1) is 5.69 Å². The highest BCUT2D eigenvalue weighted by molar-refractivity contribution is 7.80. The lowest BCUT2D eigenvalue weighted by molar-refractivity contribution is 0.391. The van der Waals surface area contributed by atoms with E-state index in [1.807, 2.05) is 0 Å². The van der Waals surface area contributed by atoms with Gasteiger partial charge in [-0.15, -0.1) is 0 Å². The van der Waals surface area contributed by atoms with Gasteiger partial charge in [0.15, 0.2) is 5.11 Å². The smallest absolute Gasteiger partial charge is 0.171 e. The molecule has 5 heteroatoms. The number of anilines is 1. The van der Waals surface area contributed by atoms with E-state index in [0.29, 0.717) is 21.9 Å². The van der Waals surface area contributed by atoms with Gasteiger partial charge in [0.25, 0.3) is 0 Å². The number of halogens is 2. The third-order valence-electron chi connectivity index (χ3n) is 4.23. The highest BCUT2D eigenvalue weighted by atomic mass is 35.5. The van der Waals surface area contributed by atoms with Crippen molar-refractivity contribution in [2.24, 2.45) is 11.8 Å². The van der Waals surface area contributed by atoms with Crippen LogP contribution in [0.5, 0.6) is 0 Å². The summed E-state index contributed by atoms with van der Waals surface area (Å²) in [5, 5.41) is 7.11. The molecule has 2 aliphatic carbocycles. The Bertz CT molecular complexity index is 508. The molecule has 0 aliphatic heterocycles. The van der Waals surface area contributed by atoms with Crippen molar-refractivity contribution in [2.45, 2.75) is 31.7 Å². The van der Waals surface area contributed by atoms with Gasteiger partial charge in [-0.2, -0.15) is 0 Å². The predicted octanol–water partition coefficient (Wildman–Crippen LogP) is 3.95. The van der Waals surface area contributed by atoms with Gasteiger partial charge in [-0.05, 0) is 61.5 Å². The number of rotatable bonds is 2. The van der Waals surface area contributed by atoms with Gasteiger partial charge < -0.3 is 10.6 Å². The molecule has 2 saturated carbocycles. The SMILES string of the molecule is Fc1cc(Cl)ccc1NC(=S)N[C@H]1C[C@H]2CC[C@@H]1C2. The zero-order chi connectivity index (χ0) is 13.4. The molecule has 19 heavy (non-hydrogen) atoms. The molecule has 1 aromatic rings. The van der Waals surface area contributed by atoms with Crippen molar-refractivity contribution in [3.63, 3.8) is 0 Å². The van der Waals surface area contributed by atoms with Crippen molar-refractivity contribution >= 4 is 34.6 Å². The van der Waals surface area contributed by atoms with E-state index in [1.165, 1.54) is 31.7 Å². The Balaban J connectivity index is 1.59. The second-order valence-electron chi connectivity index (χ2n) is 5.50. The normalized spacial score (nSPS) is 28.4. The van der Waals surface area contributed by atoms with Crippen LogP contribution in [0.2, 0.25) is 5.02 Å². The Morgan fingerprint density at radius 2 is 2.16 bits per heavy atom. The molecule has 0 unspecified atom stereocenters. The first-order valence-corrected chi connectivity index (χ1v) is 7.43. The maximum atomic E-state index is 13.6. The van der Waals surface area contributed by atoms with Crippen molar-refractivity contribution < 1.29 is 4.39 Å². The van der Waals surface area contributed by atoms with Crippen LogP contribution in [0.15, 0.2) is 18.2 Å². The number of fused-ring (bicyclic) bond motifs is 2. The van der Waals surface area contributed by atoms with Gasteiger partial charge in [0.2, 0.25) is 0 Å². The Hall–Kier alpha value is -0.870. The molecule has 0 aromatic heterocycles. The Kier molecular flexibility index (Phi) is 3.63. The van der Waals surface area contributed by atoms with E-state index >= 15 is 0 Å². The van der Waals surface area contributed by atoms with Crippen LogP contribution in [0.25, 0.3) is 0 Å². The van der Waals surface area contributed by atoms with Crippen molar-refractivity contribution in [2.75, 3.05) is 5.32 Å². The van der Waals surface area contributed by atoms with Crippen molar-refractivity contribution in [3.05, 3.63) is 29.0 Å². The minimum atomic E-state index is -0.385. The molecule has 0 heterocycles. The van der Waals surface area contributed by atoms with Crippen molar-refractivity contribution in [3.8, 4) is 0 Å². The molecule has 0 saturated heterocycles. The second kappa shape index (κ2) is 5.25. The van der Waals surface area contributed by atoms with Gasteiger partial charge in [-0.1, -0.05) is 18.0 Å². The van der Waals surface area contributed by atoms with Crippen LogP contribution in [0, 0.1) is 17.7 Å². The summed E-state index contributed by atoms with van der Waals surface area (Å²) in [6.45, 7) is 0. The molecule has 0 spiro atoms.